The molecule has 0 radical (unpaired) electrons. The molecule has 2 heterocycles. The Hall–Kier alpha value is -3.23. The summed E-state index contributed by atoms with van der Waals surface area (Å²) in [5.74, 6) is 0.582. The quantitative estimate of drug-likeness (QED) is 0.237. The van der Waals surface area contributed by atoms with Gasteiger partial charge in [0.25, 0.3) is 0 Å². The first-order chi connectivity index (χ1) is 18.0. The maximum Gasteiger partial charge on any atom is 0.161 e. The van der Waals surface area contributed by atoms with Crippen LogP contribution in [0.1, 0.15) is 36.1 Å². The number of nitrogens with one attached hydrogen (secondary N) is 1. The molecule has 0 spiro atoms. The summed E-state index contributed by atoms with van der Waals surface area (Å²) in [7, 11) is 3.32. The van der Waals surface area contributed by atoms with E-state index < -0.39 is 11.6 Å². The fourth-order valence-electron chi connectivity index (χ4n) is 4.98. The first kappa shape index (κ1) is 25.4. The molecule has 0 saturated carbocycles. The van der Waals surface area contributed by atoms with Crippen LogP contribution in [0.15, 0.2) is 59.6 Å². The molecule has 0 fully saturated rings. The van der Waals surface area contributed by atoms with Crippen molar-refractivity contribution in [3.63, 3.8) is 0 Å². The van der Waals surface area contributed by atoms with Gasteiger partial charge in [-0.25, -0.2) is 13.1 Å². The van der Waals surface area contributed by atoms with Gasteiger partial charge >= 0.3 is 0 Å². The molecule has 5 nitrogen and oxygen atoms in total. The molecule has 1 atom stereocenters. The Labute approximate surface area is 219 Å². The molecule has 0 bridgehead atoms. The highest BCUT2D eigenvalue weighted by molar-refractivity contribution is 7.97. The fourth-order valence-corrected chi connectivity index (χ4v) is 6.06. The molecule has 4 aromatic rings. The average Bonchev–Trinajstić information content (AvgIpc) is 3.32. The molecular weight excluding hydrogens is 494 g/mol. The number of aromatic nitrogens is 1. The van der Waals surface area contributed by atoms with Crippen molar-refractivity contribution in [1.29, 1.82) is 0 Å². The number of aryl methyl sites for hydroxylation is 1. The fraction of sp³-hybridized carbons (Fsp3) is 0.310. The van der Waals surface area contributed by atoms with Crippen LogP contribution in [0.25, 0.3) is 10.9 Å². The van der Waals surface area contributed by atoms with Crippen molar-refractivity contribution < 1.29 is 23.0 Å². The van der Waals surface area contributed by atoms with E-state index in [4.69, 9.17) is 14.2 Å². The molecule has 1 aromatic heterocycles. The second-order valence-corrected chi connectivity index (χ2v) is 10.1. The number of nitrogens with zero attached hydrogens (tertiary/aromatic N) is 1. The van der Waals surface area contributed by atoms with Crippen molar-refractivity contribution in [2.45, 2.75) is 37.1 Å². The normalized spacial score (nSPS) is 15.5. The molecule has 5 rings (SSSR count). The molecule has 1 unspecified atom stereocenters. The number of methoxy groups -OCH3 is 2. The van der Waals surface area contributed by atoms with E-state index in [1.54, 1.807) is 20.3 Å². The second kappa shape index (κ2) is 11.0. The van der Waals surface area contributed by atoms with Crippen LogP contribution in [0.5, 0.6) is 17.2 Å². The Bertz CT molecular complexity index is 1410. The predicted octanol–water partition coefficient (Wildman–Crippen LogP) is 7.10. The Morgan fingerprint density at radius 2 is 1.86 bits per heavy atom. The van der Waals surface area contributed by atoms with E-state index in [1.807, 2.05) is 19.1 Å². The highest BCUT2D eigenvalue weighted by Gasteiger charge is 2.30. The Morgan fingerprint density at radius 1 is 1.00 bits per heavy atom. The van der Waals surface area contributed by atoms with Gasteiger partial charge in [0.2, 0.25) is 0 Å². The molecule has 0 aliphatic carbocycles. The Balaban J connectivity index is 1.49. The topological polar surface area (TPSA) is 46.7 Å². The summed E-state index contributed by atoms with van der Waals surface area (Å²) < 4.78 is 46.8. The zero-order valence-electron chi connectivity index (χ0n) is 21.1. The van der Waals surface area contributed by atoms with Crippen LogP contribution >= 0.6 is 11.9 Å². The number of fused-ring (bicyclic) bond motifs is 2. The van der Waals surface area contributed by atoms with Gasteiger partial charge in [0, 0.05) is 34.6 Å². The van der Waals surface area contributed by atoms with Gasteiger partial charge in [-0.05, 0) is 103 Å². The predicted molar refractivity (Wildman–Crippen MR) is 143 cm³/mol. The smallest absolute Gasteiger partial charge is 0.161 e. The number of halogens is 2. The van der Waals surface area contributed by atoms with Gasteiger partial charge < -0.3 is 19.2 Å². The standard InChI is InChI=1S/C29H30F2N2O3S/c1-4-36-29-16-23-18(13-28(29)35-3)11-12-33(37-21-7-8-24(30)25(31)15-21)27(23)10-5-19-17-32-26-9-6-20(34-2)14-22(19)26/h6-9,13-17,27,32H,4-5,10-12H2,1-3H3. The maximum absolute atomic E-state index is 14.0. The summed E-state index contributed by atoms with van der Waals surface area (Å²) in [6, 6.07) is 14.3. The monoisotopic (exact) mass is 524 g/mol. The van der Waals surface area contributed by atoms with Gasteiger partial charge in [-0.15, -0.1) is 0 Å². The number of hydrogen-bond acceptors (Lipinski definition) is 5. The number of rotatable bonds is 9. The third-order valence-electron chi connectivity index (χ3n) is 6.81. The summed E-state index contributed by atoms with van der Waals surface area (Å²) in [4.78, 5) is 4.03. The van der Waals surface area contributed by atoms with E-state index in [2.05, 4.69) is 33.7 Å². The van der Waals surface area contributed by atoms with Crippen LogP contribution in [-0.4, -0.2) is 36.7 Å². The highest BCUT2D eigenvalue weighted by Crippen LogP contribution is 2.44. The van der Waals surface area contributed by atoms with Crippen molar-refractivity contribution >= 4 is 22.9 Å². The van der Waals surface area contributed by atoms with Crippen LogP contribution in [0.3, 0.4) is 0 Å². The molecule has 3 aromatic carbocycles. The van der Waals surface area contributed by atoms with E-state index >= 15 is 0 Å². The SMILES string of the molecule is CCOc1cc2c(cc1OC)CCN(Sc1ccc(F)c(F)c1)C2CCc1c[nH]c2ccc(OC)cc12. The van der Waals surface area contributed by atoms with Crippen molar-refractivity contribution in [2.75, 3.05) is 27.4 Å². The van der Waals surface area contributed by atoms with Crippen molar-refractivity contribution in [3.05, 3.63) is 83.1 Å². The summed E-state index contributed by atoms with van der Waals surface area (Å²) >= 11 is 1.46. The third kappa shape index (κ3) is 5.26. The number of hydrogen-bond donors (Lipinski definition) is 1. The van der Waals surface area contributed by atoms with Crippen LogP contribution < -0.4 is 14.2 Å². The molecule has 1 aliphatic rings. The molecule has 194 valence electrons. The largest absolute Gasteiger partial charge is 0.497 e. The molecule has 0 amide bonds. The number of benzene rings is 3. The molecule has 0 saturated heterocycles. The van der Waals surface area contributed by atoms with E-state index in [-0.39, 0.29) is 6.04 Å². The lowest BCUT2D eigenvalue weighted by Gasteiger charge is -2.37. The zero-order valence-corrected chi connectivity index (χ0v) is 22.0. The molecule has 1 N–H and O–H groups in total. The lowest BCUT2D eigenvalue weighted by molar-refractivity contribution is 0.299. The van der Waals surface area contributed by atoms with Gasteiger partial charge in [0.1, 0.15) is 5.75 Å². The van der Waals surface area contributed by atoms with Gasteiger partial charge in [0.05, 0.1) is 20.8 Å². The van der Waals surface area contributed by atoms with Gasteiger partial charge in [0.15, 0.2) is 23.1 Å². The first-order valence-corrected chi connectivity index (χ1v) is 13.1. The summed E-state index contributed by atoms with van der Waals surface area (Å²) in [5.41, 5.74) is 4.66. The van der Waals surface area contributed by atoms with Crippen LogP contribution in [0.2, 0.25) is 0 Å². The number of aromatic amines is 1. The minimum atomic E-state index is -0.840. The maximum atomic E-state index is 14.0. The van der Waals surface area contributed by atoms with Crippen LogP contribution in [0.4, 0.5) is 8.78 Å². The van der Waals surface area contributed by atoms with Crippen molar-refractivity contribution in [1.82, 2.24) is 9.29 Å². The molecule has 37 heavy (non-hydrogen) atoms. The minimum Gasteiger partial charge on any atom is -0.497 e. The second-order valence-electron chi connectivity index (χ2n) is 8.97. The first-order valence-electron chi connectivity index (χ1n) is 12.4. The van der Waals surface area contributed by atoms with E-state index in [0.717, 1.165) is 48.2 Å². The van der Waals surface area contributed by atoms with Crippen LogP contribution in [0, 0.1) is 11.6 Å². The van der Waals surface area contributed by atoms with Gasteiger partial charge in [-0.3, -0.25) is 0 Å². The van der Waals surface area contributed by atoms with Crippen LogP contribution in [-0.2, 0) is 12.8 Å². The molecule has 1 aliphatic heterocycles. The Morgan fingerprint density at radius 3 is 2.62 bits per heavy atom. The lowest BCUT2D eigenvalue weighted by Crippen LogP contribution is -2.31. The molecular formula is C29H30F2N2O3S. The van der Waals surface area contributed by atoms with Crippen molar-refractivity contribution in [2.24, 2.45) is 0 Å². The third-order valence-corrected chi connectivity index (χ3v) is 7.95. The van der Waals surface area contributed by atoms with E-state index in [9.17, 15) is 8.78 Å². The van der Waals surface area contributed by atoms with Crippen molar-refractivity contribution in [3.8, 4) is 17.2 Å². The summed E-state index contributed by atoms with van der Waals surface area (Å²) in [6.07, 6.45) is 4.52. The van der Waals surface area contributed by atoms with Gasteiger partial charge in [-0.2, -0.15) is 0 Å². The average molecular weight is 525 g/mol. The lowest BCUT2D eigenvalue weighted by atomic mass is 9.90. The summed E-state index contributed by atoms with van der Waals surface area (Å²) in [5, 5.41) is 1.14. The zero-order chi connectivity index (χ0) is 25.9. The number of ether oxygens (including phenoxy) is 3. The van der Waals surface area contributed by atoms with E-state index in [1.165, 1.54) is 40.8 Å². The Kier molecular flexibility index (Phi) is 7.58. The van der Waals surface area contributed by atoms with E-state index in [0.29, 0.717) is 17.3 Å². The number of H-pyrrole nitrogens is 1. The minimum absolute atomic E-state index is 0.0301. The highest BCUT2D eigenvalue weighted by atomic mass is 32.2. The summed E-state index contributed by atoms with van der Waals surface area (Å²) in [6.45, 7) is 3.25. The van der Waals surface area contributed by atoms with Gasteiger partial charge in [-0.1, -0.05) is 0 Å². The molecule has 8 heteroatoms.